The van der Waals surface area contributed by atoms with E-state index in [9.17, 15) is 19.1 Å². The van der Waals surface area contributed by atoms with Gasteiger partial charge in [0.05, 0.1) is 11.1 Å². The standard InChI is InChI=1S/C27H22FN3O3S/c1-15(17-9-5-7-13-22(17)30-25(33)19-11-4-6-12-21(19)28)20-14-16-8-2-3-10-18(16)23(24(20)32)26(35)31-27(29)34/h2-15,32H,1H3,(H,30,33)(H3,29,31,34,35). The van der Waals surface area contributed by atoms with Gasteiger partial charge < -0.3 is 16.2 Å². The van der Waals surface area contributed by atoms with E-state index < -0.39 is 23.7 Å². The summed E-state index contributed by atoms with van der Waals surface area (Å²) in [6.07, 6.45) is 0. The number of aromatic hydroxyl groups is 1. The normalized spacial score (nSPS) is 11.6. The number of anilines is 1. The molecule has 5 N–H and O–H groups in total. The van der Waals surface area contributed by atoms with Gasteiger partial charge in [-0.2, -0.15) is 0 Å². The van der Waals surface area contributed by atoms with Crippen LogP contribution in [0, 0.1) is 5.82 Å². The van der Waals surface area contributed by atoms with Gasteiger partial charge in [0.25, 0.3) is 5.91 Å². The third-order valence-electron chi connectivity index (χ3n) is 5.78. The lowest BCUT2D eigenvalue weighted by Gasteiger charge is -2.21. The molecule has 0 saturated heterocycles. The maximum atomic E-state index is 14.1. The van der Waals surface area contributed by atoms with Crippen molar-refractivity contribution in [1.29, 1.82) is 0 Å². The van der Waals surface area contributed by atoms with Crippen molar-refractivity contribution in [3.8, 4) is 5.75 Å². The maximum Gasteiger partial charge on any atom is 0.317 e. The fourth-order valence-corrected chi connectivity index (χ4v) is 4.39. The minimum atomic E-state index is -0.835. The number of amides is 3. The SMILES string of the molecule is CC(c1ccccc1NC(=O)c1ccccc1F)c1cc2ccccc2c(C(=S)NC(N)=O)c1O. The van der Waals surface area contributed by atoms with Crippen LogP contribution in [0.15, 0.2) is 78.9 Å². The Morgan fingerprint density at radius 3 is 2.37 bits per heavy atom. The van der Waals surface area contributed by atoms with Crippen molar-refractivity contribution in [3.05, 3.63) is 107 Å². The predicted molar refractivity (Wildman–Crippen MR) is 138 cm³/mol. The highest BCUT2D eigenvalue weighted by molar-refractivity contribution is 7.80. The average molecular weight is 488 g/mol. The van der Waals surface area contributed by atoms with Gasteiger partial charge in [0.1, 0.15) is 16.6 Å². The molecule has 176 valence electrons. The molecule has 8 heteroatoms. The summed E-state index contributed by atoms with van der Waals surface area (Å²) < 4.78 is 14.1. The van der Waals surface area contributed by atoms with Crippen LogP contribution in [-0.2, 0) is 0 Å². The number of urea groups is 1. The number of nitrogens with two attached hydrogens (primary N) is 1. The molecule has 0 fully saturated rings. The number of rotatable bonds is 5. The van der Waals surface area contributed by atoms with Crippen molar-refractivity contribution in [2.24, 2.45) is 5.73 Å². The number of hydrogen-bond donors (Lipinski definition) is 4. The maximum absolute atomic E-state index is 14.1. The summed E-state index contributed by atoms with van der Waals surface area (Å²) in [4.78, 5) is 24.2. The van der Waals surface area contributed by atoms with Crippen molar-refractivity contribution >= 4 is 45.6 Å². The molecule has 4 rings (SSSR count). The van der Waals surface area contributed by atoms with Crippen LogP contribution >= 0.6 is 12.2 Å². The number of thiocarbonyl (C=S) groups is 1. The number of phenols is 1. The molecule has 0 radical (unpaired) electrons. The lowest BCUT2D eigenvalue weighted by atomic mass is 9.87. The number of fused-ring (bicyclic) bond motifs is 1. The van der Waals surface area contributed by atoms with Crippen LogP contribution in [-0.4, -0.2) is 22.0 Å². The van der Waals surface area contributed by atoms with Crippen molar-refractivity contribution < 1.29 is 19.1 Å². The lowest BCUT2D eigenvalue weighted by molar-refractivity contribution is 0.102. The van der Waals surface area contributed by atoms with Crippen molar-refractivity contribution in [2.75, 3.05) is 5.32 Å². The Labute approximate surface area is 206 Å². The van der Waals surface area contributed by atoms with Gasteiger partial charge in [-0.25, -0.2) is 9.18 Å². The van der Waals surface area contributed by atoms with E-state index in [1.165, 1.54) is 18.2 Å². The van der Waals surface area contributed by atoms with Crippen LogP contribution in [0.25, 0.3) is 10.8 Å². The largest absolute Gasteiger partial charge is 0.507 e. The molecule has 0 bridgehead atoms. The minimum Gasteiger partial charge on any atom is -0.507 e. The van der Waals surface area contributed by atoms with Crippen molar-refractivity contribution in [2.45, 2.75) is 12.8 Å². The Balaban J connectivity index is 1.79. The Bertz CT molecular complexity index is 1470. The Morgan fingerprint density at radius 1 is 0.971 bits per heavy atom. The van der Waals surface area contributed by atoms with E-state index in [0.717, 1.165) is 5.39 Å². The van der Waals surface area contributed by atoms with Gasteiger partial charge in [-0.15, -0.1) is 0 Å². The number of carbonyl (C=O) groups is 2. The summed E-state index contributed by atoms with van der Waals surface area (Å²) in [5, 5.41) is 17.9. The van der Waals surface area contributed by atoms with Gasteiger partial charge in [0.2, 0.25) is 0 Å². The van der Waals surface area contributed by atoms with Gasteiger partial charge >= 0.3 is 6.03 Å². The van der Waals surface area contributed by atoms with Gasteiger partial charge in [0, 0.05) is 17.2 Å². The molecule has 0 heterocycles. The first kappa shape index (κ1) is 23.8. The van der Waals surface area contributed by atoms with E-state index in [-0.39, 0.29) is 21.9 Å². The molecule has 6 nitrogen and oxygen atoms in total. The number of carbonyl (C=O) groups excluding carboxylic acids is 2. The number of nitrogens with one attached hydrogen (secondary N) is 2. The molecule has 1 atom stereocenters. The third kappa shape index (κ3) is 4.83. The second-order valence-electron chi connectivity index (χ2n) is 7.97. The van der Waals surface area contributed by atoms with Gasteiger partial charge in [-0.3, -0.25) is 10.1 Å². The first-order valence-electron chi connectivity index (χ1n) is 10.8. The molecule has 4 aromatic rings. The van der Waals surface area contributed by atoms with Crippen LogP contribution in [0.3, 0.4) is 0 Å². The molecule has 1 unspecified atom stereocenters. The van der Waals surface area contributed by atoms with E-state index in [1.807, 2.05) is 37.3 Å². The van der Waals surface area contributed by atoms with Crippen molar-refractivity contribution in [3.63, 3.8) is 0 Å². The second kappa shape index (κ2) is 9.90. The van der Waals surface area contributed by atoms with E-state index in [4.69, 9.17) is 18.0 Å². The highest BCUT2D eigenvalue weighted by Crippen LogP contribution is 2.40. The van der Waals surface area contributed by atoms with E-state index in [1.54, 1.807) is 30.3 Å². The van der Waals surface area contributed by atoms with Crippen molar-refractivity contribution in [1.82, 2.24) is 5.32 Å². The molecule has 35 heavy (non-hydrogen) atoms. The molecule has 4 aromatic carbocycles. The molecule has 0 aliphatic carbocycles. The van der Waals surface area contributed by atoms with Gasteiger partial charge in [-0.05, 0) is 40.6 Å². The topological polar surface area (TPSA) is 104 Å². The monoisotopic (exact) mass is 487 g/mol. The molecule has 3 amide bonds. The molecule has 0 aliphatic heterocycles. The summed E-state index contributed by atoms with van der Waals surface area (Å²) in [6, 6.07) is 21.1. The number of para-hydroxylation sites is 1. The zero-order valence-corrected chi connectivity index (χ0v) is 19.5. The lowest BCUT2D eigenvalue weighted by Crippen LogP contribution is -2.34. The quantitative estimate of drug-likeness (QED) is 0.282. The zero-order chi connectivity index (χ0) is 25.1. The number of hydrogen-bond acceptors (Lipinski definition) is 4. The van der Waals surface area contributed by atoms with Gasteiger partial charge in [-0.1, -0.05) is 73.7 Å². The van der Waals surface area contributed by atoms with Crippen LogP contribution in [0.5, 0.6) is 5.75 Å². The summed E-state index contributed by atoms with van der Waals surface area (Å²) in [7, 11) is 0. The number of halogens is 1. The molecule has 0 aliphatic rings. The summed E-state index contributed by atoms with van der Waals surface area (Å²) in [5.74, 6) is -1.72. The van der Waals surface area contributed by atoms with E-state index in [0.29, 0.717) is 22.2 Å². The summed E-state index contributed by atoms with van der Waals surface area (Å²) in [5.41, 5.74) is 7.16. The Kier molecular flexibility index (Phi) is 6.75. The predicted octanol–water partition coefficient (Wildman–Crippen LogP) is 5.43. The minimum absolute atomic E-state index is 0.00129. The Morgan fingerprint density at radius 2 is 1.63 bits per heavy atom. The van der Waals surface area contributed by atoms with E-state index >= 15 is 0 Å². The number of benzene rings is 4. The summed E-state index contributed by atoms with van der Waals surface area (Å²) >= 11 is 5.36. The fraction of sp³-hybridized carbons (Fsp3) is 0.0741. The number of primary amides is 1. The third-order valence-corrected chi connectivity index (χ3v) is 6.08. The summed E-state index contributed by atoms with van der Waals surface area (Å²) in [6.45, 7) is 1.87. The van der Waals surface area contributed by atoms with Crippen LogP contribution < -0.4 is 16.4 Å². The molecule has 0 saturated carbocycles. The van der Waals surface area contributed by atoms with Crippen LogP contribution in [0.1, 0.15) is 39.9 Å². The van der Waals surface area contributed by atoms with Crippen LogP contribution in [0.2, 0.25) is 0 Å². The smallest absolute Gasteiger partial charge is 0.317 e. The average Bonchev–Trinajstić information content (AvgIpc) is 2.83. The molecular weight excluding hydrogens is 465 g/mol. The fourth-order valence-electron chi connectivity index (χ4n) is 4.08. The highest BCUT2D eigenvalue weighted by atomic mass is 32.1. The van der Waals surface area contributed by atoms with Gasteiger partial charge in [0.15, 0.2) is 0 Å². The second-order valence-corrected chi connectivity index (χ2v) is 8.38. The van der Waals surface area contributed by atoms with Crippen LogP contribution in [0.4, 0.5) is 14.9 Å². The zero-order valence-electron chi connectivity index (χ0n) is 18.7. The molecule has 0 aromatic heterocycles. The first-order valence-corrected chi connectivity index (χ1v) is 11.2. The Hall–Kier alpha value is -4.30. The first-order chi connectivity index (χ1) is 16.8. The van der Waals surface area contributed by atoms with E-state index in [2.05, 4.69) is 10.6 Å². The molecule has 0 spiro atoms. The number of phenolic OH excluding ortho intramolecular Hbond substituents is 1. The highest BCUT2D eigenvalue weighted by Gasteiger charge is 2.23. The molecular formula is C27H22FN3O3S.